The first kappa shape index (κ1) is 12.0. The number of methoxy groups -OCH3 is 1. The first-order chi connectivity index (χ1) is 5.22. The summed E-state index contributed by atoms with van der Waals surface area (Å²) in [6.07, 6.45) is 0.238. The van der Waals surface area contributed by atoms with Crippen molar-refractivity contribution in [2.24, 2.45) is 0 Å². The summed E-state index contributed by atoms with van der Waals surface area (Å²) < 4.78 is 4.45. The Bertz CT molecular complexity index is 259. The Morgan fingerprint density at radius 1 is 1.75 bits per heavy atom. The second kappa shape index (κ2) is 5.59. The molecule has 0 spiro atoms. The number of hydrogen-bond acceptors (Lipinski definition) is 4. The van der Waals surface area contributed by atoms with E-state index in [1.54, 1.807) is 11.4 Å². The second-order valence-corrected chi connectivity index (χ2v) is 3.02. The van der Waals surface area contributed by atoms with Crippen molar-refractivity contribution < 1.29 is 14.6 Å². The van der Waals surface area contributed by atoms with Gasteiger partial charge in [-0.25, -0.2) is 0 Å². The van der Waals surface area contributed by atoms with Gasteiger partial charge in [0.2, 0.25) is 0 Å². The molecule has 12 heavy (non-hydrogen) atoms. The average Bonchev–Trinajstić information content (AvgIpc) is 2.35. The van der Waals surface area contributed by atoms with E-state index in [-0.39, 0.29) is 47.7 Å². The molecule has 0 atom stereocenters. The first-order valence-electron chi connectivity index (χ1n) is 3.05. The average molecular weight is 196 g/mol. The van der Waals surface area contributed by atoms with Crippen LogP contribution in [0.25, 0.3) is 0 Å². The fourth-order valence-electron chi connectivity index (χ4n) is 0.676. The summed E-state index contributed by atoms with van der Waals surface area (Å²) in [6, 6.07) is 1.56. The van der Waals surface area contributed by atoms with Crippen LogP contribution in [-0.2, 0) is 16.0 Å². The maximum atomic E-state index is 10.7. The van der Waals surface area contributed by atoms with Gasteiger partial charge in [-0.1, -0.05) is 0 Å². The van der Waals surface area contributed by atoms with E-state index in [2.05, 4.69) is 4.74 Å². The minimum atomic E-state index is -0.285. The molecule has 62 valence electrons. The zero-order valence-electron chi connectivity index (χ0n) is 6.03. The number of carbonyl (C=O) groups excluding carboxylic acids is 1. The van der Waals surface area contributed by atoms with Crippen molar-refractivity contribution in [2.75, 3.05) is 7.11 Å². The fourth-order valence-corrected chi connectivity index (χ4v) is 1.41. The molecule has 3 nitrogen and oxygen atoms in total. The molecule has 5 heteroatoms. The predicted molar refractivity (Wildman–Crippen MR) is 48.9 cm³/mol. The van der Waals surface area contributed by atoms with E-state index >= 15 is 0 Å². The molecule has 0 amide bonds. The zero-order valence-corrected chi connectivity index (χ0v) is 6.85. The van der Waals surface area contributed by atoms with Gasteiger partial charge in [0.05, 0.1) is 13.5 Å². The normalized spacial score (nSPS) is 8.75. The Balaban J connectivity index is 0.00000121. The van der Waals surface area contributed by atoms with Crippen LogP contribution in [0.2, 0.25) is 0 Å². The molecule has 1 aromatic heterocycles. The van der Waals surface area contributed by atoms with Gasteiger partial charge in [0.1, 0.15) is 5.75 Å². The number of carbonyl (C=O) groups is 1. The van der Waals surface area contributed by atoms with Crippen molar-refractivity contribution in [2.45, 2.75) is 6.42 Å². The van der Waals surface area contributed by atoms with Crippen LogP contribution in [0, 0.1) is 0 Å². The number of ether oxygens (including phenoxy) is 1. The number of esters is 1. The van der Waals surface area contributed by atoms with Crippen LogP contribution in [-0.4, -0.2) is 47.7 Å². The van der Waals surface area contributed by atoms with Crippen LogP contribution in [0.3, 0.4) is 0 Å². The zero-order chi connectivity index (χ0) is 8.27. The third-order valence-electron chi connectivity index (χ3n) is 1.19. The van der Waals surface area contributed by atoms with E-state index in [0.717, 1.165) is 4.88 Å². The molecule has 0 aliphatic rings. The van der Waals surface area contributed by atoms with Crippen LogP contribution in [0.1, 0.15) is 4.88 Å². The summed E-state index contributed by atoms with van der Waals surface area (Å²) in [6.45, 7) is 0. The van der Waals surface area contributed by atoms with Crippen LogP contribution in [0.4, 0.5) is 0 Å². The third-order valence-corrected chi connectivity index (χ3v) is 2.11. The minimum absolute atomic E-state index is 0. The van der Waals surface area contributed by atoms with Gasteiger partial charge in [0.15, 0.2) is 0 Å². The predicted octanol–water partition coefficient (Wildman–Crippen LogP) is 0.521. The van der Waals surface area contributed by atoms with Crippen molar-refractivity contribution in [1.82, 2.24) is 0 Å². The number of rotatable bonds is 2. The molecule has 1 rings (SSSR count). The number of thiophene rings is 1. The van der Waals surface area contributed by atoms with Crippen LogP contribution in [0.15, 0.2) is 11.4 Å². The molecule has 0 aliphatic carbocycles. The van der Waals surface area contributed by atoms with Crippen LogP contribution >= 0.6 is 11.3 Å². The molecule has 0 unspecified atom stereocenters. The van der Waals surface area contributed by atoms with Gasteiger partial charge in [-0.3, -0.25) is 4.79 Å². The molecule has 1 aromatic rings. The van der Waals surface area contributed by atoms with E-state index in [0.29, 0.717) is 0 Å². The molecule has 0 saturated heterocycles. The van der Waals surface area contributed by atoms with E-state index in [9.17, 15) is 4.79 Å². The second-order valence-electron chi connectivity index (χ2n) is 2.02. The van der Waals surface area contributed by atoms with Gasteiger partial charge in [-0.2, -0.15) is 0 Å². The SMILES string of the molecule is COC(=O)Cc1cc(O)cs1.[NaH]. The fraction of sp³-hybridized carbons (Fsp3) is 0.286. The first-order valence-corrected chi connectivity index (χ1v) is 3.93. The van der Waals surface area contributed by atoms with Gasteiger partial charge < -0.3 is 9.84 Å². The standard InChI is InChI=1S/C7H8O3S.Na.H/c1-10-7(9)3-6-2-5(8)4-11-6;;/h2,4,8H,3H2,1H3;;. The van der Waals surface area contributed by atoms with Crippen molar-refractivity contribution in [3.8, 4) is 5.75 Å². The Morgan fingerprint density at radius 2 is 2.42 bits per heavy atom. The van der Waals surface area contributed by atoms with Gasteiger partial charge in [-0.15, -0.1) is 11.3 Å². The molecule has 0 saturated carbocycles. The van der Waals surface area contributed by atoms with Crippen molar-refractivity contribution >= 4 is 46.9 Å². The van der Waals surface area contributed by atoms with Crippen molar-refractivity contribution in [3.05, 3.63) is 16.3 Å². The van der Waals surface area contributed by atoms with Crippen molar-refractivity contribution in [3.63, 3.8) is 0 Å². The van der Waals surface area contributed by atoms with Crippen LogP contribution < -0.4 is 0 Å². The number of aromatic hydroxyl groups is 1. The topological polar surface area (TPSA) is 46.5 Å². The molecular formula is C7H9NaO3S. The van der Waals surface area contributed by atoms with E-state index in [1.165, 1.54) is 18.4 Å². The molecule has 0 radical (unpaired) electrons. The van der Waals surface area contributed by atoms with Gasteiger partial charge >= 0.3 is 35.5 Å². The third kappa shape index (κ3) is 3.58. The summed E-state index contributed by atoms with van der Waals surface area (Å²) in [5.74, 6) is -0.0826. The molecule has 1 heterocycles. The maximum absolute atomic E-state index is 10.7. The Morgan fingerprint density at radius 3 is 2.83 bits per heavy atom. The van der Waals surface area contributed by atoms with E-state index in [1.807, 2.05) is 0 Å². The van der Waals surface area contributed by atoms with Crippen LogP contribution in [0.5, 0.6) is 5.75 Å². The molecule has 0 aromatic carbocycles. The summed E-state index contributed by atoms with van der Waals surface area (Å²) in [7, 11) is 1.34. The molecule has 0 fully saturated rings. The van der Waals surface area contributed by atoms with Crippen molar-refractivity contribution in [1.29, 1.82) is 0 Å². The van der Waals surface area contributed by atoms with E-state index in [4.69, 9.17) is 5.11 Å². The summed E-state index contributed by atoms with van der Waals surface area (Å²) in [5, 5.41) is 10.5. The van der Waals surface area contributed by atoms with Gasteiger partial charge in [0, 0.05) is 10.3 Å². The quantitative estimate of drug-likeness (QED) is 0.554. The molecular weight excluding hydrogens is 187 g/mol. The Kier molecular flexibility index (Phi) is 5.57. The molecule has 0 bridgehead atoms. The Labute approximate surface area is 96.6 Å². The van der Waals surface area contributed by atoms with Gasteiger partial charge in [-0.05, 0) is 6.07 Å². The summed E-state index contributed by atoms with van der Waals surface area (Å²) in [4.78, 5) is 11.5. The monoisotopic (exact) mass is 196 g/mol. The molecule has 0 aliphatic heterocycles. The number of hydrogen-bond donors (Lipinski definition) is 1. The summed E-state index contributed by atoms with van der Waals surface area (Å²) >= 11 is 1.34. The van der Waals surface area contributed by atoms with Gasteiger partial charge in [0.25, 0.3) is 0 Å². The Hall–Kier alpha value is -0.0300. The van der Waals surface area contributed by atoms with E-state index < -0.39 is 0 Å². The molecule has 1 N–H and O–H groups in total. The summed E-state index contributed by atoms with van der Waals surface area (Å²) in [5.41, 5.74) is 0.